The van der Waals surface area contributed by atoms with Crippen molar-refractivity contribution in [1.82, 2.24) is 15.3 Å². The van der Waals surface area contributed by atoms with Gasteiger partial charge in [-0.1, -0.05) is 12.1 Å². The van der Waals surface area contributed by atoms with Crippen LogP contribution in [0.15, 0.2) is 42.9 Å². The van der Waals surface area contributed by atoms with Crippen molar-refractivity contribution in [3.8, 4) is 0 Å². The van der Waals surface area contributed by atoms with Gasteiger partial charge in [-0.25, -0.2) is 4.98 Å². The van der Waals surface area contributed by atoms with Crippen molar-refractivity contribution in [2.45, 2.75) is 0 Å². The highest BCUT2D eigenvalue weighted by Gasteiger charge is 2.13. The number of hydrogen-bond donors (Lipinski definition) is 2. The van der Waals surface area contributed by atoms with Gasteiger partial charge in [-0.15, -0.1) is 0 Å². The maximum Gasteiger partial charge on any atom is 0.275 e. The minimum Gasteiger partial charge on any atom is -0.355 e. The zero-order chi connectivity index (χ0) is 13.7. The van der Waals surface area contributed by atoms with E-state index in [0.29, 0.717) is 11.3 Å². The largest absolute Gasteiger partial charge is 0.355 e. The minimum absolute atomic E-state index is 0.189. The van der Waals surface area contributed by atoms with Gasteiger partial charge >= 0.3 is 0 Å². The van der Waals surface area contributed by atoms with E-state index in [1.165, 1.54) is 25.6 Å². The monoisotopic (exact) mass is 256 g/mol. The molecule has 6 nitrogen and oxygen atoms in total. The molecule has 1 aromatic heterocycles. The molecule has 0 saturated carbocycles. The Labute approximate surface area is 109 Å². The predicted molar refractivity (Wildman–Crippen MR) is 69.8 cm³/mol. The first-order valence-electron chi connectivity index (χ1n) is 5.61. The molecule has 0 aliphatic carbocycles. The number of hydrogen-bond acceptors (Lipinski definition) is 4. The normalized spacial score (nSPS) is 9.74. The average Bonchev–Trinajstić information content (AvgIpc) is 2.48. The number of carbonyl (C=O) groups excluding carboxylic acids is 2. The summed E-state index contributed by atoms with van der Waals surface area (Å²) >= 11 is 0. The number of aromatic nitrogens is 2. The van der Waals surface area contributed by atoms with Crippen LogP contribution in [0.1, 0.15) is 20.8 Å². The van der Waals surface area contributed by atoms with E-state index in [4.69, 9.17) is 0 Å². The third-order valence-corrected chi connectivity index (χ3v) is 2.44. The van der Waals surface area contributed by atoms with Crippen molar-refractivity contribution in [2.24, 2.45) is 0 Å². The Bertz CT molecular complexity index is 599. The van der Waals surface area contributed by atoms with Crippen LogP contribution in [0.4, 0.5) is 5.69 Å². The van der Waals surface area contributed by atoms with Crippen LogP contribution in [0.25, 0.3) is 0 Å². The van der Waals surface area contributed by atoms with Gasteiger partial charge in [-0.2, -0.15) is 0 Å². The maximum atomic E-state index is 11.9. The lowest BCUT2D eigenvalue weighted by atomic mass is 10.1. The molecule has 0 fully saturated rings. The molecule has 2 aromatic rings. The summed E-state index contributed by atoms with van der Waals surface area (Å²) in [7, 11) is 1.53. The van der Waals surface area contributed by atoms with Crippen LogP contribution >= 0.6 is 0 Å². The molecule has 1 heterocycles. The van der Waals surface area contributed by atoms with E-state index in [1.807, 2.05) is 0 Å². The van der Waals surface area contributed by atoms with Gasteiger partial charge in [0.05, 0.1) is 17.4 Å². The molecule has 0 aliphatic heterocycles. The summed E-state index contributed by atoms with van der Waals surface area (Å²) < 4.78 is 0. The second-order valence-electron chi connectivity index (χ2n) is 3.67. The number of anilines is 1. The minimum atomic E-state index is -0.413. The number of benzene rings is 1. The first-order chi connectivity index (χ1) is 9.22. The topological polar surface area (TPSA) is 84.0 Å². The SMILES string of the molecule is CNC(=O)c1ccccc1NC(=O)c1cnccn1. The van der Waals surface area contributed by atoms with E-state index >= 15 is 0 Å². The third-order valence-electron chi connectivity index (χ3n) is 2.44. The Morgan fingerprint density at radius 3 is 2.58 bits per heavy atom. The smallest absolute Gasteiger partial charge is 0.275 e. The molecule has 0 atom stereocenters. The van der Waals surface area contributed by atoms with Crippen molar-refractivity contribution < 1.29 is 9.59 Å². The zero-order valence-electron chi connectivity index (χ0n) is 10.3. The average molecular weight is 256 g/mol. The number of rotatable bonds is 3. The molecule has 96 valence electrons. The fourth-order valence-electron chi connectivity index (χ4n) is 1.53. The Morgan fingerprint density at radius 2 is 1.89 bits per heavy atom. The molecule has 2 rings (SSSR count). The Morgan fingerprint density at radius 1 is 1.11 bits per heavy atom. The molecule has 0 aliphatic rings. The zero-order valence-corrected chi connectivity index (χ0v) is 10.3. The van der Waals surface area contributed by atoms with E-state index in [2.05, 4.69) is 20.6 Å². The van der Waals surface area contributed by atoms with Gasteiger partial charge in [-0.3, -0.25) is 14.6 Å². The third kappa shape index (κ3) is 2.92. The summed E-state index contributed by atoms with van der Waals surface area (Å²) in [6.07, 6.45) is 4.27. The highest BCUT2D eigenvalue weighted by Crippen LogP contribution is 2.15. The van der Waals surface area contributed by atoms with Gasteiger partial charge < -0.3 is 10.6 Å². The van der Waals surface area contributed by atoms with Gasteiger partial charge in [0, 0.05) is 19.4 Å². The molecule has 1 aromatic carbocycles. The molecule has 2 N–H and O–H groups in total. The molecule has 0 bridgehead atoms. The summed E-state index contributed by atoms with van der Waals surface area (Å²) in [5.41, 5.74) is 1.01. The second kappa shape index (κ2) is 5.72. The van der Waals surface area contributed by atoms with Crippen molar-refractivity contribution >= 4 is 17.5 Å². The van der Waals surface area contributed by atoms with Gasteiger partial charge in [0.1, 0.15) is 5.69 Å². The van der Waals surface area contributed by atoms with Crippen LogP contribution in [0.2, 0.25) is 0 Å². The molecular formula is C13H12N4O2. The van der Waals surface area contributed by atoms with Gasteiger partial charge in [0.25, 0.3) is 11.8 Å². The highest BCUT2D eigenvalue weighted by molar-refractivity contribution is 6.08. The second-order valence-corrected chi connectivity index (χ2v) is 3.67. The predicted octanol–water partition coefficient (Wildman–Crippen LogP) is 1.09. The summed E-state index contributed by atoms with van der Waals surface area (Å²) in [6.45, 7) is 0. The van der Waals surface area contributed by atoms with Crippen LogP contribution in [0.3, 0.4) is 0 Å². The van der Waals surface area contributed by atoms with Crippen molar-refractivity contribution in [3.05, 3.63) is 54.1 Å². The number of nitrogens with one attached hydrogen (secondary N) is 2. The lowest BCUT2D eigenvalue weighted by Gasteiger charge is -2.09. The standard InChI is InChI=1S/C13H12N4O2/c1-14-12(18)9-4-2-3-5-10(9)17-13(19)11-8-15-6-7-16-11/h2-8H,1H3,(H,14,18)(H,17,19). The number of para-hydroxylation sites is 1. The van der Waals surface area contributed by atoms with E-state index in [9.17, 15) is 9.59 Å². The summed E-state index contributed by atoms with van der Waals surface area (Å²) in [5, 5.41) is 5.16. The van der Waals surface area contributed by atoms with Crippen molar-refractivity contribution in [2.75, 3.05) is 12.4 Å². The molecule has 0 saturated heterocycles. The molecule has 0 spiro atoms. The van der Waals surface area contributed by atoms with Crippen LogP contribution in [0, 0.1) is 0 Å². The van der Waals surface area contributed by atoms with Crippen LogP contribution in [-0.2, 0) is 0 Å². The van der Waals surface area contributed by atoms with E-state index in [0.717, 1.165) is 0 Å². The van der Waals surface area contributed by atoms with E-state index in [1.54, 1.807) is 24.3 Å². The Balaban J connectivity index is 2.25. The van der Waals surface area contributed by atoms with Gasteiger partial charge in [0.15, 0.2) is 0 Å². The van der Waals surface area contributed by atoms with E-state index < -0.39 is 5.91 Å². The lowest BCUT2D eigenvalue weighted by Crippen LogP contribution is -2.21. The highest BCUT2D eigenvalue weighted by atomic mass is 16.2. The number of carbonyl (C=O) groups is 2. The fourth-order valence-corrected chi connectivity index (χ4v) is 1.53. The Kier molecular flexibility index (Phi) is 3.82. The van der Waals surface area contributed by atoms with Crippen molar-refractivity contribution in [1.29, 1.82) is 0 Å². The molecule has 0 unspecified atom stereocenters. The van der Waals surface area contributed by atoms with Gasteiger partial charge in [0.2, 0.25) is 0 Å². The number of amides is 2. The Hall–Kier alpha value is -2.76. The van der Waals surface area contributed by atoms with Crippen LogP contribution < -0.4 is 10.6 Å². The number of nitrogens with zero attached hydrogens (tertiary/aromatic N) is 2. The molecular weight excluding hydrogens is 244 g/mol. The summed E-state index contributed by atoms with van der Waals surface area (Å²) in [6, 6.07) is 6.74. The van der Waals surface area contributed by atoms with Crippen LogP contribution in [0.5, 0.6) is 0 Å². The quantitative estimate of drug-likeness (QED) is 0.861. The first kappa shape index (κ1) is 12.7. The van der Waals surface area contributed by atoms with Gasteiger partial charge in [-0.05, 0) is 12.1 Å². The first-order valence-corrected chi connectivity index (χ1v) is 5.61. The summed E-state index contributed by atoms with van der Waals surface area (Å²) in [5.74, 6) is -0.681. The molecule has 0 radical (unpaired) electrons. The maximum absolute atomic E-state index is 11.9. The summed E-state index contributed by atoms with van der Waals surface area (Å²) in [4.78, 5) is 31.3. The molecule has 19 heavy (non-hydrogen) atoms. The molecule has 2 amide bonds. The van der Waals surface area contributed by atoms with E-state index in [-0.39, 0.29) is 11.6 Å². The molecule has 6 heteroatoms. The lowest BCUT2D eigenvalue weighted by molar-refractivity contribution is 0.0964. The fraction of sp³-hybridized carbons (Fsp3) is 0.0769. The van der Waals surface area contributed by atoms with Crippen molar-refractivity contribution in [3.63, 3.8) is 0 Å². The van der Waals surface area contributed by atoms with Crippen LogP contribution in [-0.4, -0.2) is 28.8 Å².